The summed E-state index contributed by atoms with van der Waals surface area (Å²) >= 11 is 0. The summed E-state index contributed by atoms with van der Waals surface area (Å²) in [7, 11) is 1.81. The highest BCUT2D eigenvalue weighted by Crippen LogP contribution is 2.23. The van der Waals surface area contributed by atoms with Crippen LogP contribution in [-0.2, 0) is 31.4 Å². The van der Waals surface area contributed by atoms with Gasteiger partial charge in [0.15, 0.2) is 5.69 Å². The van der Waals surface area contributed by atoms with E-state index in [1.54, 1.807) is 33.9 Å². The number of hydrogen-bond donors (Lipinski definition) is 1. The number of nitrogens with one attached hydrogen (secondary N) is 1. The molecular formula is C24H23FN4O2. The molecule has 0 fully saturated rings. The van der Waals surface area contributed by atoms with Gasteiger partial charge in [0, 0.05) is 43.9 Å². The lowest BCUT2D eigenvalue weighted by Crippen LogP contribution is -2.36. The predicted molar refractivity (Wildman–Crippen MR) is 115 cm³/mol. The first kappa shape index (κ1) is 20.5. The fraction of sp³-hybridized carbons (Fsp3) is 0.208. The molecule has 0 spiro atoms. The number of carbonyl (C=O) groups is 2. The summed E-state index contributed by atoms with van der Waals surface area (Å²) in [5, 5.41) is 7.23. The van der Waals surface area contributed by atoms with Crippen molar-refractivity contribution in [3.05, 3.63) is 94.6 Å². The van der Waals surface area contributed by atoms with Crippen molar-refractivity contribution in [2.75, 3.05) is 6.54 Å². The minimum Gasteiger partial charge on any atom is -0.347 e. The molecule has 1 aromatic heterocycles. The highest BCUT2D eigenvalue weighted by molar-refractivity contribution is 5.95. The second-order valence-electron chi connectivity index (χ2n) is 7.46. The topological polar surface area (TPSA) is 67.2 Å². The molecule has 0 unspecified atom stereocenters. The number of carbonyl (C=O) groups excluding carboxylic acids is 2. The highest BCUT2D eigenvalue weighted by Gasteiger charge is 2.28. The molecule has 0 radical (unpaired) electrons. The zero-order valence-corrected chi connectivity index (χ0v) is 17.2. The van der Waals surface area contributed by atoms with Gasteiger partial charge in [-0.25, -0.2) is 4.39 Å². The molecule has 1 aliphatic rings. The Morgan fingerprint density at radius 1 is 1.13 bits per heavy atom. The van der Waals surface area contributed by atoms with E-state index in [4.69, 9.17) is 0 Å². The van der Waals surface area contributed by atoms with Gasteiger partial charge in [-0.2, -0.15) is 5.10 Å². The first-order valence-corrected chi connectivity index (χ1v) is 10.1. The third kappa shape index (κ3) is 4.71. The largest absolute Gasteiger partial charge is 0.347 e. The molecular weight excluding hydrogens is 395 g/mol. The van der Waals surface area contributed by atoms with Gasteiger partial charge in [-0.1, -0.05) is 42.5 Å². The summed E-state index contributed by atoms with van der Waals surface area (Å²) in [4.78, 5) is 27.2. The van der Waals surface area contributed by atoms with Crippen molar-refractivity contribution in [2.24, 2.45) is 7.05 Å². The minimum atomic E-state index is -0.319. The monoisotopic (exact) mass is 418 g/mol. The third-order valence-electron chi connectivity index (χ3n) is 5.35. The number of nitrogens with zero attached hydrogens (tertiary/aromatic N) is 3. The zero-order valence-electron chi connectivity index (χ0n) is 17.2. The summed E-state index contributed by atoms with van der Waals surface area (Å²) in [6, 6.07) is 15.6. The summed E-state index contributed by atoms with van der Waals surface area (Å²) in [6.45, 7) is 1.18. The fourth-order valence-corrected chi connectivity index (χ4v) is 3.67. The van der Waals surface area contributed by atoms with Gasteiger partial charge >= 0.3 is 0 Å². The molecule has 3 aromatic rings. The molecule has 6 nitrogen and oxygen atoms in total. The summed E-state index contributed by atoms with van der Waals surface area (Å²) < 4.78 is 14.8. The Morgan fingerprint density at radius 3 is 2.61 bits per heavy atom. The molecule has 31 heavy (non-hydrogen) atoms. The molecule has 7 heteroatoms. The van der Waals surface area contributed by atoms with E-state index in [-0.39, 0.29) is 24.2 Å². The highest BCUT2D eigenvalue weighted by atomic mass is 19.1. The van der Waals surface area contributed by atoms with E-state index in [9.17, 15) is 14.0 Å². The van der Waals surface area contributed by atoms with Crippen molar-refractivity contribution in [3.63, 3.8) is 0 Å². The average molecular weight is 418 g/mol. The quantitative estimate of drug-likeness (QED) is 0.648. The molecule has 2 heterocycles. The lowest BCUT2D eigenvalue weighted by molar-refractivity contribution is -0.126. The molecule has 1 aliphatic heterocycles. The van der Waals surface area contributed by atoms with Crippen LogP contribution in [0.25, 0.3) is 6.08 Å². The molecule has 4 rings (SSSR count). The Hall–Kier alpha value is -3.74. The van der Waals surface area contributed by atoms with Crippen LogP contribution in [0.15, 0.2) is 60.7 Å². The van der Waals surface area contributed by atoms with Crippen LogP contribution >= 0.6 is 0 Å². The first-order valence-electron chi connectivity index (χ1n) is 10.1. The number of benzene rings is 2. The van der Waals surface area contributed by atoms with Crippen LogP contribution < -0.4 is 5.32 Å². The van der Waals surface area contributed by atoms with Gasteiger partial charge in [-0.3, -0.25) is 14.3 Å². The first-order chi connectivity index (χ1) is 15.0. The summed E-state index contributed by atoms with van der Waals surface area (Å²) in [5.41, 5.74) is 3.80. The summed E-state index contributed by atoms with van der Waals surface area (Å²) in [6.07, 6.45) is 3.98. The van der Waals surface area contributed by atoms with Gasteiger partial charge in [-0.15, -0.1) is 0 Å². The lowest BCUT2D eigenvalue weighted by atomic mass is 10.0. The molecule has 2 amide bonds. The van der Waals surface area contributed by atoms with E-state index >= 15 is 0 Å². The second kappa shape index (κ2) is 8.95. The smallest absolute Gasteiger partial charge is 0.272 e. The van der Waals surface area contributed by atoms with E-state index in [2.05, 4.69) is 10.4 Å². The van der Waals surface area contributed by atoms with Crippen LogP contribution in [0.4, 0.5) is 4.39 Å². The molecule has 0 bridgehead atoms. The average Bonchev–Trinajstić information content (AvgIpc) is 3.13. The maximum atomic E-state index is 13.1. The van der Waals surface area contributed by atoms with Crippen molar-refractivity contribution in [1.29, 1.82) is 0 Å². The normalized spacial score (nSPS) is 13.3. The van der Waals surface area contributed by atoms with Crippen LogP contribution in [0.5, 0.6) is 0 Å². The third-order valence-corrected chi connectivity index (χ3v) is 5.35. The molecule has 2 aromatic carbocycles. The second-order valence-corrected chi connectivity index (χ2v) is 7.46. The SMILES string of the molecule is Cn1nc(C(=O)NCc2ccc(F)cc2)c2c1CCN(C(=O)/C=C/c1ccccc1)C2. The number of halogens is 1. The molecule has 1 N–H and O–H groups in total. The zero-order chi connectivity index (χ0) is 21.8. The Labute approximate surface area is 180 Å². The van der Waals surface area contributed by atoms with Gasteiger partial charge < -0.3 is 10.2 Å². The van der Waals surface area contributed by atoms with Crippen LogP contribution in [-0.4, -0.2) is 33.0 Å². The van der Waals surface area contributed by atoms with Gasteiger partial charge in [0.05, 0.1) is 6.54 Å². The van der Waals surface area contributed by atoms with E-state index in [0.29, 0.717) is 25.2 Å². The Morgan fingerprint density at radius 2 is 1.87 bits per heavy atom. The van der Waals surface area contributed by atoms with E-state index in [1.807, 2.05) is 37.4 Å². The number of aromatic nitrogens is 2. The summed E-state index contributed by atoms with van der Waals surface area (Å²) in [5.74, 6) is -0.730. The molecule has 0 saturated carbocycles. The van der Waals surface area contributed by atoms with E-state index in [0.717, 1.165) is 22.4 Å². The maximum Gasteiger partial charge on any atom is 0.272 e. The van der Waals surface area contributed by atoms with Crippen molar-refractivity contribution in [3.8, 4) is 0 Å². The van der Waals surface area contributed by atoms with Crippen molar-refractivity contribution < 1.29 is 14.0 Å². The number of rotatable bonds is 5. The van der Waals surface area contributed by atoms with Crippen LogP contribution in [0.1, 0.15) is 32.9 Å². The molecule has 0 saturated heterocycles. The van der Waals surface area contributed by atoms with Crippen molar-refractivity contribution >= 4 is 17.9 Å². The van der Waals surface area contributed by atoms with Gasteiger partial charge in [0.1, 0.15) is 5.82 Å². The Bertz CT molecular complexity index is 1120. The van der Waals surface area contributed by atoms with Crippen molar-refractivity contribution in [2.45, 2.75) is 19.5 Å². The predicted octanol–water partition coefficient (Wildman–Crippen LogP) is 3.09. The van der Waals surface area contributed by atoms with Gasteiger partial charge in [0.2, 0.25) is 5.91 Å². The molecule has 0 atom stereocenters. The standard InChI is InChI=1S/C24H23FN4O2/c1-28-21-13-14-29(22(30)12-9-17-5-3-2-4-6-17)16-20(21)23(27-28)24(31)26-15-18-7-10-19(25)11-8-18/h2-12H,13-16H2,1H3,(H,26,31)/b12-9+. The van der Waals surface area contributed by atoms with Gasteiger partial charge in [0.25, 0.3) is 5.91 Å². The molecule has 0 aliphatic carbocycles. The molecule has 158 valence electrons. The van der Waals surface area contributed by atoms with Crippen LogP contribution in [0.2, 0.25) is 0 Å². The van der Waals surface area contributed by atoms with E-state index < -0.39 is 0 Å². The Balaban J connectivity index is 1.45. The fourth-order valence-electron chi connectivity index (χ4n) is 3.67. The number of hydrogen-bond acceptors (Lipinski definition) is 3. The Kier molecular flexibility index (Phi) is 5.93. The van der Waals surface area contributed by atoms with Crippen LogP contribution in [0.3, 0.4) is 0 Å². The van der Waals surface area contributed by atoms with Crippen LogP contribution in [0, 0.1) is 5.82 Å². The maximum absolute atomic E-state index is 13.1. The number of amides is 2. The number of fused-ring (bicyclic) bond motifs is 1. The number of aryl methyl sites for hydroxylation is 1. The van der Waals surface area contributed by atoms with Crippen molar-refractivity contribution in [1.82, 2.24) is 20.0 Å². The van der Waals surface area contributed by atoms with E-state index in [1.165, 1.54) is 12.1 Å². The lowest BCUT2D eigenvalue weighted by Gasteiger charge is -2.26. The van der Waals surface area contributed by atoms with Gasteiger partial charge in [-0.05, 0) is 29.3 Å². The minimum absolute atomic E-state index is 0.101.